The molecular weight excluding hydrogens is 575 g/mol. The fourth-order valence-corrected chi connectivity index (χ4v) is 7.85. The maximum absolute atomic E-state index is 2.40. The average Bonchev–Trinajstić information content (AvgIpc) is 3.56. The molecule has 0 radical (unpaired) electrons. The van der Waals surface area contributed by atoms with E-state index in [0.717, 1.165) is 11.4 Å². The Morgan fingerprint density at radius 3 is 1.33 bits per heavy atom. The summed E-state index contributed by atoms with van der Waals surface area (Å²) < 4.78 is 1.32. The van der Waals surface area contributed by atoms with Crippen molar-refractivity contribution in [3.63, 3.8) is 0 Å². The molecule has 9 aromatic rings. The van der Waals surface area contributed by atoms with E-state index in [1.807, 2.05) is 11.3 Å². The normalized spacial score (nSPS) is 11.5. The van der Waals surface area contributed by atoms with E-state index in [-0.39, 0.29) is 0 Å². The van der Waals surface area contributed by atoms with Gasteiger partial charge in [0.15, 0.2) is 0 Å². The van der Waals surface area contributed by atoms with Crippen LogP contribution in [0.3, 0.4) is 0 Å². The van der Waals surface area contributed by atoms with Crippen LogP contribution in [0.4, 0.5) is 16.4 Å². The molecule has 2 heteroatoms. The van der Waals surface area contributed by atoms with Crippen LogP contribution in [-0.2, 0) is 0 Å². The molecular formula is C44H29NS. The van der Waals surface area contributed by atoms with Crippen molar-refractivity contribution in [3.8, 4) is 22.3 Å². The highest BCUT2D eigenvalue weighted by atomic mass is 32.1. The number of rotatable bonds is 5. The standard InChI is InChI=1S/C44H29NS/c1-3-10-35-27-37(16-13-30(35)7-1)32-19-23-40(24-20-32)45(43-29-39-18-15-34-9-5-6-12-42(34)44(39)46-43)41-25-21-33(22-26-41)38-17-14-31-8-2-4-11-36(31)28-38/h1-29H. The van der Waals surface area contributed by atoms with E-state index in [2.05, 4.69) is 181 Å². The Balaban J connectivity index is 1.14. The van der Waals surface area contributed by atoms with Gasteiger partial charge in [-0.05, 0) is 102 Å². The molecule has 46 heavy (non-hydrogen) atoms. The van der Waals surface area contributed by atoms with Crippen LogP contribution in [0.5, 0.6) is 0 Å². The Morgan fingerprint density at radius 2 is 0.761 bits per heavy atom. The molecule has 1 aromatic heterocycles. The lowest BCUT2D eigenvalue weighted by Gasteiger charge is -2.24. The lowest BCUT2D eigenvalue weighted by Crippen LogP contribution is -2.08. The van der Waals surface area contributed by atoms with E-state index in [4.69, 9.17) is 0 Å². The van der Waals surface area contributed by atoms with E-state index in [1.165, 1.54) is 69.7 Å². The third-order valence-corrected chi connectivity index (χ3v) is 10.2. The van der Waals surface area contributed by atoms with Gasteiger partial charge in [-0.2, -0.15) is 0 Å². The summed E-state index contributed by atoms with van der Waals surface area (Å²) in [6, 6.07) is 64.0. The van der Waals surface area contributed by atoms with Crippen molar-refractivity contribution in [1.82, 2.24) is 0 Å². The number of benzene rings is 8. The van der Waals surface area contributed by atoms with E-state index in [9.17, 15) is 0 Å². The fraction of sp³-hybridized carbons (Fsp3) is 0. The van der Waals surface area contributed by atoms with E-state index < -0.39 is 0 Å². The number of nitrogens with zero attached hydrogens (tertiary/aromatic N) is 1. The van der Waals surface area contributed by atoms with Crippen LogP contribution in [0, 0.1) is 0 Å². The highest BCUT2D eigenvalue weighted by Crippen LogP contribution is 2.44. The zero-order valence-corrected chi connectivity index (χ0v) is 25.9. The number of hydrogen-bond acceptors (Lipinski definition) is 2. The molecule has 0 N–H and O–H groups in total. The van der Waals surface area contributed by atoms with Gasteiger partial charge in [0.25, 0.3) is 0 Å². The highest BCUT2D eigenvalue weighted by molar-refractivity contribution is 7.23. The maximum atomic E-state index is 2.40. The molecule has 0 spiro atoms. The second-order valence-corrected chi connectivity index (χ2v) is 12.9. The van der Waals surface area contributed by atoms with Crippen LogP contribution >= 0.6 is 11.3 Å². The summed E-state index contributed by atoms with van der Waals surface area (Å²) in [6.45, 7) is 0. The monoisotopic (exact) mass is 603 g/mol. The number of hydrogen-bond donors (Lipinski definition) is 0. The molecule has 1 nitrogen and oxygen atoms in total. The quantitative estimate of drug-likeness (QED) is 0.189. The van der Waals surface area contributed by atoms with Crippen molar-refractivity contribution in [2.24, 2.45) is 0 Å². The zero-order valence-electron chi connectivity index (χ0n) is 25.1. The first kappa shape index (κ1) is 26.7. The predicted octanol–water partition coefficient (Wildman–Crippen LogP) is 13.2. The Labute approximate surface area is 272 Å². The second kappa shape index (κ2) is 11.0. The first-order valence-electron chi connectivity index (χ1n) is 15.7. The zero-order chi connectivity index (χ0) is 30.5. The van der Waals surface area contributed by atoms with Crippen LogP contribution in [0.2, 0.25) is 0 Å². The summed E-state index contributed by atoms with van der Waals surface area (Å²) in [5.74, 6) is 0. The van der Waals surface area contributed by atoms with Crippen LogP contribution in [0.15, 0.2) is 176 Å². The molecule has 0 unspecified atom stereocenters. The summed E-state index contributed by atoms with van der Waals surface area (Å²) in [4.78, 5) is 2.40. The smallest absolute Gasteiger partial charge is 0.101 e. The summed E-state index contributed by atoms with van der Waals surface area (Å²) in [5.41, 5.74) is 7.15. The summed E-state index contributed by atoms with van der Waals surface area (Å²) in [7, 11) is 0. The van der Waals surface area contributed by atoms with Gasteiger partial charge in [-0.25, -0.2) is 0 Å². The largest absolute Gasteiger partial charge is 0.302 e. The number of thiophene rings is 1. The summed E-state index contributed by atoms with van der Waals surface area (Å²) >= 11 is 1.85. The number of anilines is 3. The Morgan fingerprint density at radius 1 is 0.326 bits per heavy atom. The Kier molecular flexibility index (Phi) is 6.40. The summed E-state index contributed by atoms with van der Waals surface area (Å²) in [5, 5.41) is 10.1. The molecule has 0 atom stereocenters. The van der Waals surface area contributed by atoms with Crippen LogP contribution in [0.25, 0.3) is 64.7 Å². The van der Waals surface area contributed by atoms with Crippen molar-refractivity contribution >= 4 is 70.1 Å². The van der Waals surface area contributed by atoms with Crippen molar-refractivity contribution in [2.45, 2.75) is 0 Å². The summed E-state index contributed by atoms with van der Waals surface area (Å²) in [6.07, 6.45) is 0. The maximum Gasteiger partial charge on any atom is 0.101 e. The molecule has 1 heterocycles. The lowest BCUT2D eigenvalue weighted by atomic mass is 10.0. The fourth-order valence-electron chi connectivity index (χ4n) is 6.61. The van der Waals surface area contributed by atoms with Crippen molar-refractivity contribution in [3.05, 3.63) is 176 Å². The van der Waals surface area contributed by atoms with E-state index in [0.29, 0.717) is 0 Å². The third kappa shape index (κ3) is 4.72. The Bertz CT molecular complexity index is 2400. The van der Waals surface area contributed by atoms with Gasteiger partial charge in [0.1, 0.15) is 5.00 Å². The van der Waals surface area contributed by atoms with Crippen LogP contribution in [0.1, 0.15) is 0 Å². The lowest BCUT2D eigenvalue weighted by molar-refractivity contribution is 1.32. The van der Waals surface area contributed by atoms with Gasteiger partial charge in [-0.3, -0.25) is 0 Å². The van der Waals surface area contributed by atoms with Gasteiger partial charge in [-0.15, -0.1) is 11.3 Å². The molecule has 0 aliphatic heterocycles. The number of fused-ring (bicyclic) bond motifs is 5. The van der Waals surface area contributed by atoms with Gasteiger partial charge in [0, 0.05) is 16.1 Å². The minimum atomic E-state index is 1.14. The molecule has 0 fully saturated rings. The molecule has 0 bridgehead atoms. The highest BCUT2D eigenvalue weighted by Gasteiger charge is 2.17. The minimum Gasteiger partial charge on any atom is -0.302 e. The van der Waals surface area contributed by atoms with Crippen molar-refractivity contribution in [2.75, 3.05) is 4.90 Å². The Hall–Kier alpha value is -5.70. The molecule has 0 aliphatic rings. The predicted molar refractivity (Wildman–Crippen MR) is 200 cm³/mol. The molecule has 0 saturated heterocycles. The van der Waals surface area contributed by atoms with Gasteiger partial charge in [0.05, 0.1) is 0 Å². The molecule has 216 valence electrons. The van der Waals surface area contributed by atoms with E-state index >= 15 is 0 Å². The van der Waals surface area contributed by atoms with Gasteiger partial charge in [0.2, 0.25) is 0 Å². The second-order valence-electron chi connectivity index (χ2n) is 11.8. The molecule has 8 aromatic carbocycles. The van der Waals surface area contributed by atoms with Crippen molar-refractivity contribution < 1.29 is 0 Å². The molecule has 0 saturated carbocycles. The average molecular weight is 604 g/mol. The van der Waals surface area contributed by atoms with Gasteiger partial charge in [-0.1, -0.05) is 133 Å². The first-order chi connectivity index (χ1) is 22.8. The topological polar surface area (TPSA) is 3.24 Å². The molecule has 9 rings (SSSR count). The van der Waals surface area contributed by atoms with E-state index in [1.54, 1.807) is 0 Å². The molecule has 0 amide bonds. The van der Waals surface area contributed by atoms with Gasteiger partial charge >= 0.3 is 0 Å². The third-order valence-electron chi connectivity index (χ3n) is 9.03. The first-order valence-corrected chi connectivity index (χ1v) is 16.5. The van der Waals surface area contributed by atoms with Crippen molar-refractivity contribution in [1.29, 1.82) is 0 Å². The van der Waals surface area contributed by atoms with Crippen LogP contribution in [-0.4, -0.2) is 0 Å². The SMILES string of the molecule is c1ccc2cc(-c3ccc(N(c4ccc(-c5ccc6ccccc6c5)cc4)c4cc5ccc6ccccc6c5s4)cc3)ccc2c1. The minimum absolute atomic E-state index is 1.14. The van der Waals surface area contributed by atoms with Crippen LogP contribution < -0.4 is 4.90 Å². The molecule has 0 aliphatic carbocycles. The van der Waals surface area contributed by atoms with Gasteiger partial charge < -0.3 is 4.90 Å².